The highest BCUT2D eigenvalue weighted by Gasteiger charge is 2.19. The third kappa shape index (κ3) is 2.19. The molecule has 0 saturated carbocycles. The number of nitrogens with zero attached hydrogens (tertiary/aromatic N) is 2. The fourth-order valence-electron chi connectivity index (χ4n) is 2.84. The first kappa shape index (κ1) is 12.4. The van der Waals surface area contributed by atoms with E-state index in [1.54, 1.807) is 0 Å². The number of hydrogen-bond acceptors (Lipinski definition) is 2. The average molecular weight is 255 g/mol. The molecule has 2 aromatic rings. The minimum absolute atomic E-state index is 0.512. The van der Waals surface area contributed by atoms with E-state index in [2.05, 4.69) is 55.2 Å². The number of aromatic nitrogens is 2. The monoisotopic (exact) mass is 255 g/mol. The summed E-state index contributed by atoms with van der Waals surface area (Å²) in [6.07, 6.45) is 3.39. The summed E-state index contributed by atoms with van der Waals surface area (Å²) >= 11 is 0. The zero-order valence-corrected chi connectivity index (χ0v) is 11.9. The van der Waals surface area contributed by atoms with E-state index in [0.29, 0.717) is 6.04 Å². The summed E-state index contributed by atoms with van der Waals surface area (Å²) in [6.45, 7) is 8.60. The Hall–Kier alpha value is -1.61. The zero-order chi connectivity index (χ0) is 13.4. The van der Waals surface area contributed by atoms with Gasteiger partial charge >= 0.3 is 0 Å². The van der Waals surface area contributed by atoms with Gasteiger partial charge in [-0.25, -0.2) is 0 Å². The molecule has 0 spiro atoms. The number of rotatable bonds is 2. The van der Waals surface area contributed by atoms with Crippen LogP contribution < -0.4 is 5.32 Å². The average Bonchev–Trinajstić information content (AvgIpc) is 3.02. The van der Waals surface area contributed by atoms with Crippen molar-refractivity contribution >= 4 is 0 Å². The van der Waals surface area contributed by atoms with Gasteiger partial charge in [-0.05, 0) is 50.4 Å². The molecule has 1 aromatic heterocycles. The fraction of sp³-hybridized carbons (Fsp3) is 0.438. The zero-order valence-electron chi connectivity index (χ0n) is 11.9. The van der Waals surface area contributed by atoms with Gasteiger partial charge in [0.1, 0.15) is 0 Å². The van der Waals surface area contributed by atoms with Crippen molar-refractivity contribution in [3.63, 3.8) is 0 Å². The second-order valence-electron chi connectivity index (χ2n) is 5.50. The van der Waals surface area contributed by atoms with Crippen LogP contribution in [0.1, 0.15) is 29.3 Å². The van der Waals surface area contributed by atoms with Crippen LogP contribution in [0.15, 0.2) is 24.4 Å². The summed E-state index contributed by atoms with van der Waals surface area (Å²) < 4.78 is 2.15. The Morgan fingerprint density at radius 1 is 1.21 bits per heavy atom. The lowest BCUT2D eigenvalue weighted by molar-refractivity contribution is 0.488. The first-order chi connectivity index (χ1) is 9.16. The number of hydrogen-bond donors (Lipinski definition) is 1. The first-order valence-corrected chi connectivity index (χ1v) is 7.00. The van der Waals surface area contributed by atoms with Gasteiger partial charge in [-0.2, -0.15) is 5.10 Å². The third-order valence-corrected chi connectivity index (χ3v) is 4.22. The second-order valence-corrected chi connectivity index (χ2v) is 5.50. The summed E-state index contributed by atoms with van der Waals surface area (Å²) in [5.41, 5.74) is 6.41. The highest BCUT2D eigenvalue weighted by molar-refractivity contribution is 5.69. The molecule has 100 valence electrons. The van der Waals surface area contributed by atoms with Crippen LogP contribution in [0.2, 0.25) is 0 Å². The molecule has 1 aliphatic rings. The van der Waals surface area contributed by atoms with E-state index in [9.17, 15) is 0 Å². The molecular formula is C16H21N3. The molecular weight excluding hydrogens is 234 g/mol. The summed E-state index contributed by atoms with van der Waals surface area (Å²) in [4.78, 5) is 0. The molecule has 0 aliphatic carbocycles. The van der Waals surface area contributed by atoms with E-state index in [1.165, 1.54) is 28.7 Å². The Morgan fingerprint density at radius 2 is 2.05 bits per heavy atom. The molecule has 0 bridgehead atoms. The van der Waals surface area contributed by atoms with Crippen LogP contribution >= 0.6 is 0 Å². The van der Waals surface area contributed by atoms with Gasteiger partial charge in [0.15, 0.2) is 0 Å². The maximum absolute atomic E-state index is 4.72. The van der Waals surface area contributed by atoms with E-state index < -0.39 is 0 Å². The van der Waals surface area contributed by atoms with Crippen LogP contribution in [0.25, 0.3) is 11.1 Å². The molecule has 3 rings (SSSR count). The number of nitrogens with one attached hydrogen (secondary N) is 1. The first-order valence-electron chi connectivity index (χ1n) is 7.00. The summed E-state index contributed by atoms with van der Waals surface area (Å²) in [5, 5.41) is 8.12. The van der Waals surface area contributed by atoms with Crippen molar-refractivity contribution in [3.8, 4) is 11.1 Å². The van der Waals surface area contributed by atoms with Crippen LogP contribution in [0, 0.1) is 20.8 Å². The van der Waals surface area contributed by atoms with E-state index in [0.717, 1.165) is 18.8 Å². The maximum Gasteiger partial charge on any atom is 0.0672 e. The molecule has 3 heteroatoms. The van der Waals surface area contributed by atoms with Gasteiger partial charge in [0.2, 0.25) is 0 Å². The van der Waals surface area contributed by atoms with Gasteiger partial charge in [0.05, 0.1) is 11.7 Å². The molecule has 3 nitrogen and oxygen atoms in total. The van der Waals surface area contributed by atoms with Crippen molar-refractivity contribution in [2.45, 2.75) is 33.2 Å². The van der Waals surface area contributed by atoms with Crippen molar-refractivity contribution in [1.82, 2.24) is 15.1 Å². The Labute approximate surface area is 114 Å². The van der Waals surface area contributed by atoms with E-state index in [-0.39, 0.29) is 0 Å². The molecule has 1 unspecified atom stereocenters. The van der Waals surface area contributed by atoms with Gasteiger partial charge in [-0.3, -0.25) is 4.68 Å². The highest BCUT2D eigenvalue weighted by Crippen LogP contribution is 2.29. The fourth-order valence-corrected chi connectivity index (χ4v) is 2.84. The largest absolute Gasteiger partial charge is 0.315 e. The lowest BCUT2D eigenvalue weighted by atomic mass is 9.98. The van der Waals surface area contributed by atoms with Gasteiger partial charge in [-0.15, -0.1) is 0 Å². The van der Waals surface area contributed by atoms with Gasteiger partial charge in [-0.1, -0.05) is 18.2 Å². The van der Waals surface area contributed by atoms with Crippen molar-refractivity contribution < 1.29 is 0 Å². The topological polar surface area (TPSA) is 29.9 Å². The van der Waals surface area contributed by atoms with Crippen molar-refractivity contribution in [2.75, 3.05) is 13.1 Å². The summed E-state index contributed by atoms with van der Waals surface area (Å²) in [5.74, 6) is 0. The summed E-state index contributed by atoms with van der Waals surface area (Å²) in [7, 11) is 0. The van der Waals surface area contributed by atoms with E-state index in [4.69, 9.17) is 5.10 Å². The molecule has 1 saturated heterocycles. The maximum atomic E-state index is 4.72. The summed E-state index contributed by atoms with van der Waals surface area (Å²) in [6, 6.07) is 7.01. The van der Waals surface area contributed by atoms with Crippen LogP contribution in [0.4, 0.5) is 0 Å². The van der Waals surface area contributed by atoms with Crippen molar-refractivity contribution in [2.24, 2.45) is 0 Å². The lowest BCUT2D eigenvalue weighted by Crippen LogP contribution is -2.13. The van der Waals surface area contributed by atoms with Crippen LogP contribution in [0.5, 0.6) is 0 Å². The SMILES string of the molecule is Cc1cccc(-c2cn(C3CCNC3)nc2C)c1C. The Morgan fingerprint density at radius 3 is 2.79 bits per heavy atom. The van der Waals surface area contributed by atoms with Gasteiger partial charge in [0, 0.05) is 18.3 Å². The highest BCUT2D eigenvalue weighted by atomic mass is 15.3. The minimum Gasteiger partial charge on any atom is -0.315 e. The Bertz CT molecular complexity index is 592. The lowest BCUT2D eigenvalue weighted by Gasteiger charge is -2.08. The molecule has 0 amide bonds. The van der Waals surface area contributed by atoms with Crippen LogP contribution in [-0.2, 0) is 0 Å². The molecule has 1 aliphatic heterocycles. The predicted molar refractivity (Wildman–Crippen MR) is 78.4 cm³/mol. The van der Waals surface area contributed by atoms with E-state index in [1.807, 2.05) is 0 Å². The van der Waals surface area contributed by atoms with Crippen LogP contribution in [-0.4, -0.2) is 22.9 Å². The predicted octanol–water partition coefficient (Wildman–Crippen LogP) is 3.01. The van der Waals surface area contributed by atoms with Gasteiger partial charge in [0.25, 0.3) is 0 Å². The number of benzene rings is 1. The standard InChI is InChI=1S/C16H21N3/c1-11-5-4-6-15(12(11)2)16-10-19(18-13(16)3)14-7-8-17-9-14/h4-6,10,14,17H,7-9H2,1-3H3. The minimum atomic E-state index is 0.512. The second kappa shape index (κ2) is 4.82. The Balaban J connectivity index is 2.03. The normalized spacial score (nSPS) is 19.0. The Kier molecular flexibility index (Phi) is 3.15. The molecule has 1 atom stereocenters. The quantitative estimate of drug-likeness (QED) is 0.894. The number of aryl methyl sites for hydroxylation is 2. The van der Waals surface area contributed by atoms with E-state index >= 15 is 0 Å². The smallest absolute Gasteiger partial charge is 0.0672 e. The molecule has 1 aromatic carbocycles. The molecule has 1 fully saturated rings. The molecule has 0 radical (unpaired) electrons. The third-order valence-electron chi connectivity index (χ3n) is 4.22. The molecule has 19 heavy (non-hydrogen) atoms. The van der Waals surface area contributed by atoms with Crippen molar-refractivity contribution in [1.29, 1.82) is 0 Å². The molecule has 2 heterocycles. The van der Waals surface area contributed by atoms with Crippen LogP contribution in [0.3, 0.4) is 0 Å². The van der Waals surface area contributed by atoms with Crippen molar-refractivity contribution in [3.05, 3.63) is 41.2 Å². The van der Waals surface area contributed by atoms with Gasteiger partial charge < -0.3 is 5.32 Å². The molecule has 1 N–H and O–H groups in total.